The second kappa shape index (κ2) is 14.2. The maximum absolute atomic E-state index is 13.0. The number of nitrogens with zero attached hydrogens (tertiary/aromatic N) is 3. The lowest BCUT2D eigenvalue weighted by Crippen LogP contribution is -2.48. The summed E-state index contributed by atoms with van der Waals surface area (Å²) in [6.45, 7) is 6.45. The lowest BCUT2D eigenvalue weighted by molar-refractivity contribution is -0.127. The van der Waals surface area contributed by atoms with Gasteiger partial charge in [-0.15, -0.1) is 0 Å². The zero-order valence-corrected chi connectivity index (χ0v) is 23.8. The van der Waals surface area contributed by atoms with Crippen LogP contribution in [0.5, 0.6) is 0 Å². The number of hydrogen-bond acceptors (Lipinski definition) is 8. The van der Waals surface area contributed by atoms with Gasteiger partial charge in [0.1, 0.15) is 16.0 Å². The van der Waals surface area contributed by atoms with Gasteiger partial charge in [-0.3, -0.25) is 25.2 Å². The van der Waals surface area contributed by atoms with Crippen molar-refractivity contribution in [3.8, 4) is 0 Å². The molecular weight excluding hydrogens is 524 g/mol. The van der Waals surface area contributed by atoms with Crippen LogP contribution in [0.1, 0.15) is 36.5 Å². The number of benzene rings is 1. The molecule has 3 rings (SSSR count). The molecule has 0 saturated carbocycles. The van der Waals surface area contributed by atoms with Gasteiger partial charge in [0.15, 0.2) is 5.11 Å². The SMILES string of the molecule is CCN1C(=O)[C@@H](CNc2cccc(C(=O)NCCCN3CCCC3)c2)S/C1=C(/N)C(=O)NNC(=S)N(C)C. The van der Waals surface area contributed by atoms with Gasteiger partial charge < -0.3 is 31.1 Å². The lowest BCUT2D eigenvalue weighted by Gasteiger charge is -2.18. The monoisotopic (exact) mass is 562 g/mol. The molecule has 2 aliphatic rings. The number of amides is 3. The van der Waals surface area contributed by atoms with Gasteiger partial charge in [0.25, 0.3) is 11.8 Å². The van der Waals surface area contributed by atoms with Gasteiger partial charge in [-0.2, -0.15) is 0 Å². The van der Waals surface area contributed by atoms with Crippen molar-refractivity contribution < 1.29 is 14.4 Å². The van der Waals surface area contributed by atoms with Gasteiger partial charge in [-0.25, -0.2) is 0 Å². The number of hydrogen-bond donors (Lipinski definition) is 5. The van der Waals surface area contributed by atoms with Gasteiger partial charge >= 0.3 is 0 Å². The zero-order valence-electron chi connectivity index (χ0n) is 22.2. The zero-order chi connectivity index (χ0) is 27.7. The molecule has 2 heterocycles. The van der Waals surface area contributed by atoms with Crippen molar-refractivity contribution in [1.82, 2.24) is 30.9 Å². The summed E-state index contributed by atoms with van der Waals surface area (Å²) in [6.07, 6.45) is 3.45. The van der Waals surface area contributed by atoms with Crippen LogP contribution >= 0.6 is 24.0 Å². The Balaban J connectivity index is 1.53. The van der Waals surface area contributed by atoms with Crippen LogP contribution in [0.4, 0.5) is 5.69 Å². The number of carbonyl (C=O) groups is 3. The summed E-state index contributed by atoms with van der Waals surface area (Å²) in [5.74, 6) is -0.833. The molecule has 0 unspecified atom stereocenters. The highest BCUT2D eigenvalue weighted by Crippen LogP contribution is 2.36. The number of thiocarbonyl (C=S) groups is 1. The quantitative estimate of drug-likeness (QED) is 0.121. The second-order valence-electron chi connectivity index (χ2n) is 9.31. The number of likely N-dealkylation sites (tertiary alicyclic amines) is 1. The van der Waals surface area contributed by atoms with Gasteiger partial charge in [0.2, 0.25) is 5.91 Å². The molecule has 11 nitrogen and oxygen atoms in total. The predicted molar refractivity (Wildman–Crippen MR) is 155 cm³/mol. The Morgan fingerprint density at radius 3 is 2.63 bits per heavy atom. The minimum absolute atomic E-state index is 0.0647. The van der Waals surface area contributed by atoms with Crippen LogP contribution in [0.2, 0.25) is 0 Å². The number of anilines is 1. The largest absolute Gasteiger partial charge is 0.392 e. The summed E-state index contributed by atoms with van der Waals surface area (Å²) in [4.78, 5) is 43.7. The van der Waals surface area contributed by atoms with Gasteiger partial charge in [0, 0.05) is 45.0 Å². The van der Waals surface area contributed by atoms with E-state index in [9.17, 15) is 14.4 Å². The molecular formula is C25H38N8O3S2. The fraction of sp³-hybridized carbons (Fsp3) is 0.520. The highest BCUT2D eigenvalue weighted by Gasteiger charge is 2.38. The van der Waals surface area contributed by atoms with Crippen molar-refractivity contribution in [2.45, 2.75) is 31.4 Å². The van der Waals surface area contributed by atoms with Crippen LogP contribution in [0.3, 0.4) is 0 Å². The third kappa shape index (κ3) is 7.98. The molecule has 2 fully saturated rings. The molecule has 0 aliphatic carbocycles. The van der Waals surface area contributed by atoms with Crippen LogP contribution in [0.15, 0.2) is 35.0 Å². The first-order valence-corrected chi connectivity index (χ1v) is 14.1. The molecule has 2 saturated heterocycles. The summed E-state index contributed by atoms with van der Waals surface area (Å²) in [7, 11) is 3.48. The Hall–Kier alpha value is -3.03. The number of hydrazine groups is 1. The predicted octanol–water partition coefficient (Wildman–Crippen LogP) is 0.873. The standard InChI is InChI=1S/C25H38N8O3S2/c1-4-33-23(36)19(38-24(33)20(26)22(35)29-30-25(37)31(2)3)16-28-18-10-7-9-17(15-18)21(34)27-11-8-14-32-12-5-6-13-32/h7,9-10,15,19,28H,4-6,8,11-14,16,26H2,1-3H3,(H,27,34)(H,29,35)(H,30,37)/b24-20+/t19-/m1/s1. The molecule has 13 heteroatoms. The van der Waals surface area contributed by atoms with Gasteiger partial charge in [0.05, 0.1) is 0 Å². The maximum Gasteiger partial charge on any atom is 0.288 e. The fourth-order valence-electron chi connectivity index (χ4n) is 4.14. The third-order valence-electron chi connectivity index (χ3n) is 6.27. The van der Waals surface area contributed by atoms with Gasteiger partial charge in [-0.05, 0) is 76.2 Å². The summed E-state index contributed by atoms with van der Waals surface area (Å²) in [6, 6.07) is 7.20. The smallest absolute Gasteiger partial charge is 0.288 e. The van der Waals surface area contributed by atoms with Crippen molar-refractivity contribution in [3.63, 3.8) is 0 Å². The number of nitrogens with one attached hydrogen (secondary N) is 4. The molecule has 0 bridgehead atoms. The van der Waals surface area contributed by atoms with E-state index >= 15 is 0 Å². The van der Waals surface area contributed by atoms with Crippen molar-refractivity contribution in [3.05, 3.63) is 40.6 Å². The second-order valence-corrected chi connectivity index (χ2v) is 10.9. The third-order valence-corrected chi connectivity index (χ3v) is 8.06. The fourth-order valence-corrected chi connectivity index (χ4v) is 5.42. The molecule has 0 aromatic heterocycles. The Bertz CT molecular complexity index is 1060. The molecule has 208 valence electrons. The molecule has 0 radical (unpaired) electrons. The summed E-state index contributed by atoms with van der Waals surface area (Å²) in [5, 5.41) is 6.48. The Morgan fingerprint density at radius 1 is 1.21 bits per heavy atom. The lowest BCUT2D eigenvalue weighted by atomic mass is 10.2. The van der Waals surface area contributed by atoms with Crippen molar-refractivity contribution in [1.29, 1.82) is 0 Å². The van der Waals surface area contributed by atoms with Crippen LogP contribution < -0.4 is 27.2 Å². The van der Waals surface area contributed by atoms with E-state index < -0.39 is 11.2 Å². The average Bonchev–Trinajstić information content (AvgIpc) is 3.55. The number of carbonyl (C=O) groups excluding carboxylic acids is 3. The van der Waals surface area contributed by atoms with Crippen molar-refractivity contribution in [2.75, 3.05) is 58.7 Å². The van der Waals surface area contributed by atoms with E-state index in [1.54, 1.807) is 31.1 Å². The molecule has 0 spiro atoms. The summed E-state index contributed by atoms with van der Waals surface area (Å²) < 4.78 is 0. The molecule has 1 atom stereocenters. The molecule has 6 N–H and O–H groups in total. The number of nitrogens with two attached hydrogens (primary N) is 1. The highest BCUT2D eigenvalue weighted by atomic mass is 32.2. The molecule has 1 aromatic rings. The first-order chi connectivity index (χ1) is 18.2. The van der Waals surface area contributed by atoms with Crippen molar-refractivity contribution >= 4 is 52.5 Å². The summed E-state index contributed by atoms with van der Waals surface area (Å²) >= 11 is 6.33. The Kier molecular flexibility index (Phi) is 11.0. The van der Waals surface area contributed by atoms with Crippen LogP contribution in [0, 0.1) is 0 Å². The average molecular weight is 563 g/mol. The van der Waals surface area contributed by atoms with E-state index in [4.69, 9.17) is 18.0 Å². The van der Waals surface area contributed by atoms with E-state index in [0.717, 1.165) is 31.7 Å². The topological polar surface area (TPSA) is 135 Å². The minimum Gasteiger partial charge on any atom is -0.392 e. The maximum atomic E-state index is 13.0. The van der Waals surface area contributed by atoms with Crippen molar-refractivity contribution in [2.24, 2.45) is 5.73 Å². The van der Waals surface area contributed by atoms with E-state index in [1.807, 2.05) is 19.1 Å². The molecule has 1 aromatic carbocycles. The first kappa shape index (κ1) is 29.5. The summed E-state index contributed by atoms with van der Waals surface area (Å²) in [5.41, 5.74) is 12.4. The molecule has 38 heavy (non-hydrogen) atoms. The van der Waals surface area contributed by atoms with E-state index in [0.29, 0.717) is 35.3 Å². The van der Waals surface area contributed by atoms with Gasteiger partial charge in [-0.1, -0.05) is 17.8 Å². The normalized spacial score (nSPS) is 18.8. The van der Waals surface area contributed by atoms with E-state index in [2.05, 4.69) is 26.4 Å². The van der Waals surface area contributed by atoms with E-state index in [1.165, 1.54) is 29.5 Å². The molecule has 2 aliphatic heterocycles. The van der Waals surface area contributed by atoms with Crippen LogP contribution in [-0.2, 0) is 9.59 Å². The highest BCUT2D eigenvalue weighted by molar-refractivity contribution is 8.04. The van der Waals surface area contributed by atoms with Crippen LogP contribution in [-0.4, -0.2) is 96.1 Å². The Labute approximate surface area is 233 Å². The minimum atomic E-state index is -0.573. The Morgan fingerprint density at radius 2 is 1.95 bits per heavy atom. The number of thioether (sulfide) groups is 1. The number of rotatable bonds is 10. The first-order valence-electron chi connectivity index (χ1n) is 12.8. The molecule has 3 amide bonds. The van der Waals surface area contributed by atoms with E-state index in [-0.39, 0.29) is 17.5 Å². The van der Waals surface area contributed by atoms with Crippen LogP contribution in [0.25, 0.3) is 0 Å².